The summed E-state index contributed by atoms with van der Waals surface area (Å²) in [6.07, 6.45) is 1.78. The van der Waals surface area contributed by atoms with Gasteiger partial charge in [-0.1, -0.05) is 24.3 Å². The van der Waals surface area contributed by atoms with Gasteiger partial charge in [0, 0.05) is 11.6 Å². The lowest BCUT2D eigenvalue weighted by Gasteiger charge is -2.09. The Morgan fingerprint density at radius 1 is 1.00 bits per heavy atom. The molecule has 7 nitrogen and oxygen atoms in total. The molecule has 0 spiro atoms. The van der Waals surface area contributed by atoms with E-state index in [-0.39, 0.29) is 11.9 Å². The van der Waals surface area contributed by atoms with Crippen molar-refractivity contribution in [1.82, 2.24) is 14.8 Å². The largest absolute Gasteiger partial charge is 0.359 e. The highest BCUT2D eigenvalue weighted by atomic mass is 16.2. The molecule has 0 unspecified atom stereocenters. The zero-order valence-corrected chi connectivity index (χ0v) is 13.1. The molecule has 2 heterocycles. The third-order valence-electron chi connectivity index (χ3n) is 4.05. The van der Waals surface area contributed by atoms with Gasteiger partial charge in [0.25, 0.3) is 11.1 Å². The first-order valence-electron chi connectivity index (χ1n) is 7.71. The Hall–Kier alpha value is -3.61. The van der Waals surface area contributed by atoms with Crippen molar-refractivity contribution >= 4 is 33.3 Å². The average Bonchev–Trinajstić information content (AvgIpc) is 3.09. The van der Waals surface area contributed by atoms with Gasteiger partial charge >= 0.3 is 0 Å². The van der Waals surface area contributed by atoms with Crippen molar-refractivity contribution in [2.45, 2.75) is 6.54 Å². The lowest BCUT2D eigenvalue weighted by Crippen LogP contribution is -2.34. The fraction of sp³-hybridized carbons (Fsp3) is 0.0556. The predicted octanol–water partition coefficient (Wildman–Crippen LogP) is 1.81. The summed E-state index contributed by atoms with van der Waals surface area (Å²) in [5.74, 6) is -0.407. The van der Waals surface area contributed by atoms with Crippen LogP contribution in [0.15, 0.2) is 64.3 Å². The molecule has 0 saturated carbocycles. The van der Waals surface area contributed by atoms with Gasteiger partial charge in [0.15, 0.2) is 0 Å². The van der Waals surface area contributed by atoms with Crippen LogP contribution in [0.4, 0.5) is 5.69 Å². The summed E-state index contributed by atoms with van der Waals surface area (Å²) in [6, 6.07) is 13.9. The molecular formula is C18H14N4O3. The Labute approximate surface area is 140 Å². The smallest absolute Gasteiger partial charge is 0.273 e. The van der Waals surface area contributed by atoms with E-state index in [9.17, 15) is 14.4 Å². The van der Waals surface area contributed by atoms with Gasteiger partial charge in [0.2, 0.25) is 5.91 Å². The zero-order chi connectivity index (χ0) is 17.4. The first-order chi connectivity index (χ1) is 12.1. The number of fused-ring (bicyclic) bond motifs is 2. The summed E-state index contributed by atoms with van der Waals surface area (Å²) >= 11 is 0. The number of H-pyrrole nitrogens is 2. The third kappa shape index (κ3) is 2.61. The highest BCUT2D eigenvalue weighted by molar-refractivity contribution is 6.00. The van der Waals surface area contributed by atoms with Gasteiger partial charge in [-0.3, -0.25) is 19.5 Å². The summed E-state index contributed by atoms with van der Waals surface area (Å²) in [7, 11) is 0. The molecule has 0 bridgehead atoms. The molecule has 3 N–H and O–H groups in total. The maximum Gasteiger partial charge on any atom is 0.273 e. The number of para-hydroxylation sites is 1. The molecule has 4 rings (SSSR count). The van der Waals surface area contributed by atoms with Crippen molar-refractivity contribution in [3.63, 3.8) is 0 Å². The van der Waals surface area contributed by atoms with E-state index in [0.29, 0.717) is 11.1 Å². The first kappa shape index (κ1) is 14.9. The summed E-state index contributed by atoms with van der Waals surface area (Å²) in [6.45, 7) is -0.282. The molecular weight excluding hydrogens is 320 g/mol. The standard InChI is InChI=1S/C18H14N4O3/c23-15(20-14-7-3-4-11-8-9-19-16(11)14)10-22-18(25)13-6-2-1-5-12(13)17(24)21-22/h1-9,19H,10H2,(H,20,23)(H,21,24). The number of amides is 1. The lowest BCUT2D eigenvalue weighted by molar-refractivity contribution is -0.117. The van der Waals surface area contributed by atoms with Gasteiger partial charge < -0.3 is 10.3 Å². The van der Waals surface area contributed by atoms with Gasteiger partial charge in [-0.15, -0.1) is 0 Å². The fourth-order valence-corrected chi connectivity index (χ4v) is 2.88. The van der Waals surface area contributed by atoms with Gasteiger partial charge in [0.1, 0.15) is 6.54 Å². The minimum absolute atomic E-state index is 0.282. The summed E-state index contributed by atoms with van der Waals surface area (Å²) in [5.41, 5.74) is 0.594. The molecule has 0 fully saturated rings. The van der Waals surface area contributed by atoms with Crippen LogP contribution < -0.4 is 16.4 Å². The van der Waals surface area contributed by atoms with Gasteiger partial charge in [-0.05, 0) is 24.3 Å². The fourth-order valence-electron chi connectivity index (χ4n) is 2.88. The quantitative estimate of drug-likeness (QED) is 0.533. The molecule has 1 amide bonds. The van der Waals surface area contributed by atoms with E-state index in [0.717, 1.165) is 15.6 Å². The van der Waals surface area contributed by atoms with Gasteiger partial charge in [-0.2, -0.15) is 0 Å². The van der Waals surface area contributed by atoms with Gasteiger partial charge in [0.05, 0.1) is 22.0 Å². The molecule has 124 valence electrons. The molecule has 7 heteroatoms. The van der Waals surface area contributed by atoms with Crippen LogP contribution in [-0.4, -0.2) is 20.7 Å². The Morgan fingerprint density at radius 2 is 1.80 bits per heavy atom. The Kier molecular flexibility index (Phi) is 3.46. The van der Waals surface area contributed by atoms with Gasteiger partial charge in [-0.25, -0.2) is 4.68 Å². The van der Waals surface area contributed by atoms with E-state index in [1.54, 1.807) is 36.5 Å². The Morgan fingerprint density at radius 3 is 2.64 bits per heavy atom. The van der Waals surface area contributed by atoms with E-state index in [4.69, 9.17) is 0 Å². The normalized spacial score (nSPS) is 11.0. The molecule has 25 heavy (non-hydrogen) atoms. The molecule has 0 radical (unpaired) electrons. The minimum atomic E-state index is -0.413. The second-order valence-electron chi connectivity index (χ2n) is 5.67. The number of carbonyl (C=O) groups excluding carboxylic acids is 1. The maximum absolute atomic E-state index is 12.4. The van der Waals surface area contributed by atoms with E-state index in [1.165, 1.54) is 0 Å². The lowest BCUT2D eigenvalue weighted by atomic mass is 10.2. The highest BCUT2D eigenvalue weighted by Crippen LogP contribution is 2.21. The molecule has 2 aromatic heterocycles. The van der Waals surface area contributed by atoms with Crippen LogP contribution in [0.1, 0.15) is 0 Å². The van der Waals surface area contributed by atoms with Crippen LogP contribution in [0, 0.1) is 0 Å². The van der Waals surface area contributed by atoms with Crippen molar-refractivity contribution in [2.24, 2.45) is 0 Å². The Balaban J connectivity index is 1.66. The molecule has 0 saturated heterocycles. The molecule has 2 aromatic carbocycles. The van der Waals surface area contributed by atoms with Crippen LogP contribution in [-0.2, 0) is 11.3 Å². The van der Waals surface area contributed by atoms with Crippen LogP contribution in [0.3, 0.4) is 0 Å². The van der Waals surface area contributed by atoms with Crippen molar-refractivity contribution < 1.29 is 4.79 Å². The summed E-state index contributed by atoms with van der Waals surface area (Å²) < 4.78 is 1.02. The topological polar surface area (TPSA) is 99.8 Å². The molecule has 0 aliphatic rings. The van der Waals surface area contributed by atoms with E-state index < -0.39 is 17.0 Å². The number of aromatic nitrogens is 3. The molecule has 0 aliphatic heterocycles. The van der Waals surface area contributed by atoms with Crippen molar-refractivity contribution in [3.05, 3.63) is 75.4 Å². The number of hydrogen-bond donors (Lipinski definition) is 3. The van der Waals surface area contributed by atoms with E-state index >= 15 is 0 Å². The second kappa shape index (κ2) is 5.79. The predicted molar refractivity (Wildman–Crippen MR) is 95.8 cm³/mol. The zero-order valence-electron chi connectivity index (χ0n) is 13.1. The summed E-state index contributed by atoms with van der Waals surface area (Å²) in [4.78, 5) is 39.9. The average molecular weight is 334 g/mol. The van der Waals surface area contributed by atoms with Crippen molar-refractivity contribution in [1.29, 1.82) is 0 Å². The van der Waals surface area contributed by atoms with Crippen LogP contribution >= 0.6 is 0 Å². The number of hydrogen-bond acceptors (Lipinski definition) is 3. The molecule has 4 aromatic rings. The van der Waals surface area contributed by atoms with E-state index in [1.807, 2.05) is 18.2 Å². The molecule has 0 aliphatic carbocycles. The first-order valence-corrected chi connectivity index (χ1v) is 7.71. The highest BCUT2D eigenvalue weighted by Gasteiger charge is 2.11. The number of benzene rings is 2. The maximum atomic E-state index is 12.4. The number of anilines is 1. The number of nitrogens with zero attached hydrogens (tertiary/aromatic N) is 1. The minimum Gasteiger partial charge on any atom is -0.359 e. The SMILES string of the molecule is O=C(Cn1[nH]c(=O)c2ccccc2c1=O)Nc1cccc2cc[nH]c12. The second-order valence-corrected chi connectivity index (χ2v) is 5.67. The molecule has 0 atom stereocenters. The van der Waals surface area contributed by atoms with E-state index in [2.05, 4.69) is 15.4 Å². The van der Waals surface area contributed by atoms with Crippen molar-refractivity contribution in [2.75, 3.05) is 5.32 Å². The monoisotopic (exact) mass is 334 g/mol. The van der Waals surface area contributed by atoms with Crippen LogP contribution in [0.25, 0.3) is 21.7 Å². The Bertz CT molecular complexity index is 1220. The van der Waals surface area contributed by atoms with Crippen LogP contribution in [0.2, 0.25) is 0 Å². The number of aromatic amines is 2. The number of carbonyl (C=O) groups is 1. The summed E-state index contributed by atoms with van der Waals surface area (Å²) in [5, 5.41) is 6.77. The number of rotatable bonds is 3. The van der Waals surface area contributed by atoms with Crippen LogP contribution in [0.5, 0.6) is 0 Å². The number of nitrogens with one attached hydrogen (secondary N) is 3. The van der Waals surface area contributed by atoms with Crippen molar-refractivity contribution in [3.8, 4) is 0 Å². The third-order valence-corrected chi connectivity index (χ3v) is 4.05.